The Hall–Kier alpha value is -5.28. The Balaban J connectivity index is 1.22. The summed E-state index contributed by atoms with van der Waals surface area (Å²) in [4.78, 5) is 2.35. The summed E-state index contributed by atoms with van der Waals surface area (Å²) in [6, 6.07) is 45.5. The molecule has 0 saturated carbocycles. The van der Waals surface area contributed by atoms with Gasteiger partial charge in [-0.3, -0.25) is 0 Å². The number of fused-ring (bicyclic) bond motifs is 9. The fourth-order valence-electron chi connectivity index (χ4n) is 7.75. The van der Waals surface area contributed by atoms with E-state index in [9.17, 15) is 0 Å². The molecule has 0 N–H and O–H groups in total. The first-order valence-electron chi connectivity index (χ1n) is 15.7. The van der Waals surface area contributed by atoms with Crippen LogP contribution in [0.3, 0.4) is 0 Å². The van der Waals surface area contributed by atoms with Crippen LogP contribution < -0.4 is 9.64 Å². The molecule has 7 aromatic rings. The summed E-state index contributed by atoms with van der Waals surface area (Å²) in [5.74, 6) is 1.76. The van der Waals surface area contributed by atoms with Crippen molar-refractivity contribution < 1.29 is 9.15 Å². The predicted octanol–water partition coefficient (Wildman–Crippen LogP) is 11.8. The van der Waals surface area contributed by atoms with Crippen LogP contribution in [-0.4, -0.2) is 0 Å². The van der Waals surface area contributed by atoms with Gasteiger partial charge in [0.05, 0.1) is 5.39 Å². The molecule has 1 aliphatic carbocycles. The second-order valence-corrected chi connectivity index (χ2v) is 13.4. The van der Waals surface area contributed by atoms with E-state index in [1.807, 2.05) is 12.1 Å². The monoisotopic (exact) mass is 583 g/mol. The van der Waals surface area contributed by atoms with E-state index in [0.717, 1.165) is 50.5 Å². The third-order valence-corrected chi connectivity index (χ3v) is 10.1. The lowest BCUT2D eigenvalue weighted by Crippen LogP contribution is -2.24. The summed E-state index contributed by atoms with van der Waals surface area (Å²) in [7, 11) is 0. The van der Waals surface area contributed by atoms with Crippen molar-refractivity contribution in [2.45, 2.75) is 38.5 Å². The molecule has 218 valence electrons. The molecule has 0 spiro atoms. The quantitative estimate of drug-likeness (QED) is 0.207. The van der Waals surface area contributed by atoms with Gasteiger partial charge >= 0.3 is 0 Å². The second kappa shape index (κ2) is 9.12. The molecule has 1 aromatic heterocycles. The zero-order chi connectivity index (χ0) is 30.5. The van der Waals surface area contributed by atoms with E-state index in [4.69, 9.17) is 9.15 Å². The number of rotatable bonds is 3. The van der Waals surface area contributed by atoms with Gasteiger partial charge in [0.15, 0.2) is 0 Å². The molecule has 0 unspecified atom stereocenters. The van der Waals surface area contributed by atoms with Crippen LogP contribution in [-0.2, 0) is 10.8 Å². The van der Waals surface area contributed by atoms with Crippen molar-refractivity contribution in [3.8, 4) is 22.6 Å². The number of hydrogen-bond acceptors (Lipinski definition) is 3. The number of furan rings is 1. The average Bonchev–Trinajstić information content (AvgIpc) is 3.54. The van der Waals surface area contributed by atoms with Gasteiger partial charge in [-0.05, 0) is 64.7 Å². The van der Waals surface area contributed by atoms with Crippen LogP contribution in [0.1, 0.15) is 49.9 Å². The van der Waals surface area contributed by atoms with Crippen LogP contribution in [0.15, 0.2) is 132 Å². The first-order valence-corrected chi connectivity index (χ1v) is 15.7. The normalized spacial score (nSPS) is 15.2. The smallest absolute Gasteiger partial charge is 0.143 e. The Bertz CT molecular complexity index is 2310. The second-order valence-electron chi connectivity index (χ2n) is 13.4. The number of nitrogens with zero attached hydrogens (tertiary/aromatic N) is 1. The fraction of sp³-hybridized carbons (Fsp3) is 0.143. The molecule has 45 heavy (non-hydrogen) atoms. The van der Waals surface area contributed by atoms with Gasteiger partial charge in [0, 0.05) is 50.5 Å². The van der Waals surface area contributed by atoms with Crippen LogP contribution in [0, 0.1) is 0 Å². The van der Waals surface area contributed by atoms with Crippen molar-refractivity contribution in [1.29, 1.82) is 0 Å². The molecule has 3 heteroatoms. The minimum atomic E-state index is -0.255. The van der Waals surface area contributed by atoms with E-state index < -0.39 is 0 Å². The standard InChI is InChI=1S/C42H33NO2/c1-41(2)32-16-10-8-14-29(32)30-20-18-27(24-35(30)41)43(26-12-6-5-7-13-26)28-19-21-33-38(25-28)45-40-34(42(33,3)4)22-23-37-39(40)31-15-9-11-17-36(31)44-37/h5-25H,1-4H3. The maximum atomic E-state index is 6.92. The molecule has 0 fully saturated rings. The van der Waals surface area contributed by atoms with Crippen LogP contribution >= 0.6 is 0 Å². The molecule has 0 radical (unpaired) electrons. The molecule has 9 rings (SSSR count). The Labute approximate surface area is 263 Å². The van der Waals surface area contributed by atoms with E-state index in [1.165, 1.54) is 33.4 Å². The van der Waals surface area contributed by atoms with Crippen molar-refractivity contribution >= 4 is 39.0 Å². The molecule has 0 bridgehead atoms. The molecule has 0 amide bonds. The highest BCUT2D eigenvalue weighted by Gasteiger charge is 2.38. The first kappa shape index (κ1) is 26.2. The minimum Gasteiger partial charge on any atom is -0.456 e. The van der Waals surface area contributed by atoms with Gasteiger partial charge < -0.3 is 14.1 Å². The predicted molar refractivity (Wildman–Crippen MR) is 185 cm³/mol. The van der Waals surface area contributed by atoms with Crippen molar-refractivity contribution in [2.75, 3.05) is 4.90 Å². The van der Waals surface area contributed by atoms with Gasteiger partial charge in [0.1, 0.15) is 22.7 Å². The van der Waals surface area contributed by atoms with Crippen LogP contribution in [0.2, 0.25) is 0 Å². The van der Waals surface area contributed by atoms with Crippen molar-refractivity contribution in [3.05, 3.63) is 150 Å². The lowest BCUT2D eigenvalue weighted by molar-refractivity contribution is 0.423. The summed E-state index contributed by atoms with van der Waals surface area (Å²) in [5, 5.41) is 2.11. The van der Waals surface area contributed by atoms with E-state index in [-0.39, 0.29) is 10.8 Å². The number of benzene rings is 6. The Morgan fingerprint density at radius 1 is 0.489 bits per heavy atom. The summed E-state index contributed by atoms with van der Waals surface area (Å²) >= 11 is 0. The van der Waals surface area contributed by atoms with E-state index in [2.05, 4.69) is 148 Å². The Morgan fingerprint density at radius 3 is 2.02 bits per heavy atom. The van der Waals surface area contributed by atoms with Gasteiger partial charge in [-0.25, -0.2) is 0 Å². The molecule has 0 saturated heterocycles. The number of hydrogen-bond donors (Lipinski definition) is 0. The molecule has 2 aliphatic rings. The summed E-state index contributed by atoms with van der Waals surface area (Å²) in [6.45, 7) is 9.24. The molecular formula is C42H33NO2. The zero-order valence-electron chi connectivity index (χ0n) is 25.9. The van der Waals surface area contributed by atoms with E-state index in [0.29, 0.717) is 0 Å². The topological polar surface area (TPSA) is 25.6 Å². The Morgan fingerprint density at radius 2 is 1.16 bits per heavy atom. The summed E-state index contributed by atoms with van der Waals surface area (Å²) in [6.07, 6.45) is 0. The van der Waals surface area contributed by atoms with Gasteiger partial charge in [-0.15, -0.1) is 0 Å². The van der Waals surface area contributed by atoms with Crippen LogP contribution in [0.5, 0.6) is 11.5 Å². The maximum absolute atomic E-state index is 6.92. The molecular weight excluding hydrogens is 550 g/mol. The Kier molecular flexibility index (Phi) is 5.30. The third-order valence-electron chi connectivity index (χ3n) is 10.1. The number of anilines is 3. The first-order chi connectivity index (χ1) is 21.8. The van der Waals surface area contributed by atoms with Crippen molar-refractivity contribution in [1.82, 2.24) is 0 Å². The summed E-state index contributed by atoms with van der Waals surface area (Å²) in [5.41, 5.74) is 12.4. The van der Waals surface area contributed by atoms with Gasteiger partial charge in [-0.2, -0.15) is 0 Å². The largest absolute Gasteiger partial charge is 0.456 e. The highest BCUT2D eigenvalue weighted by atomic mass is 16.5. The number of para-hydroxylation sites is 2. The fourth-order valence-corrected chi connectivity index (χ4v) is 7.75. The molecule has 2 heterocycles. The lowest BCUT2D eigenvalue weighted by Gasteiger charge is -2.36. The van der Waals surface area contributed by atoms with Gasteiger partial charge in [-0.1, -0.05) is 107 Å². The van der Waals surface area contributed by atoms with Crippen molar-refractivity contribution in [3.63, 3.8) is 0 Å². The molecule has 6 aromatic carbocycles. The maximum Gasteiger partial charge on any atom is 0.143 e. The SMILES string of the molecule is CC1(C)c2ccccc2-c2ccc(N(c3ccccc3)c3ccc4c(c3)Oc3c(ccc5oc6ccccc6c35)C4(C)C)cc21. The molecule has 3 nitrogen and oxygen atoms in total. The number of ether oxygens (including phenoxy) is 1. The highest BCUT2D eigenvalue weighted by Crippen LogP contribution is 2.54. The zero-order valence-corrected chi connectivity index (χ0v) is 25.9. The van der Waals surface area contributed by atoms with Gasteiger partial charge in [0.25, 0.3) is 0 Å². The van der Waals surface area contributed by atoms with Crippen LogP contribution in [0.25, 0.3) is 33.1 Å². The van der Waals surface area contributed by atoms with E-state index >= 15 is 0 Å². The van der Waals surface area contributed by atoms with Crippen molar-refractivity contribution in [2.24, 2.45) is 0 Å². The molecule has 1 aliphatic heterocycles. The minimum absolute atomic E-state index is 0.0876. The average molecular weight is 584 g/mol. The van der Waals surface area contributed by atoms with Crippen LogP contribution in [0.4, 0.5) is 17.1 Å². The van der Waals surface area contributed by atoms with Gasteiger partial charge in [0.2, 0.25) is 0 Å². The lowest BCUT2D eigenvalue weighted by atomic mass is 9.75. The molecule has 0 atom stereocenters. The summed E-state index contributed by atoms with van der Waals surface area (Å²) < 4.78 is 13.2. The highest BCUT2D eigenvalue weighted by molar-refractivity contribution is 6.09. The van der Waals surface area contributed by atoms with E-state index in [1.54, 1.807) is 0 Å². The third kappa shape index (κ3) is 3.64.